The maximum Gasteiger partial charge on any atom is 0.408 e. The number of hydrogen-bond donors (Lipinski definition) is 2. The highest BCUT2D eigenvalue weighted by atomic mass is 16.6. The number of aliphatic hydroxyl groups is 1. The SMILES string of the molecule is CCOC(=O)[C@@H](NC(=O)OCc1ccccc1)[C@H](O)c1cn(C(C)(C)[C@@H]2CO2)c2ccccc12. The molecule has 8 heteroatoms. The fourth-order valence-electron chi connectivity index (χ4n) is 4.10. The third-order valence-corrected chi connectivity index (χ3v) is 6.15. The van der Waals surface area contributed by atoms with Crippen LogP contribution in [0.1, 0.15) is 38.0 Å². The van der Waals surface area contributed by atoms with Crippen molar-refractivity contribution in [2.75, 3.05) is 13.2 Å². The van der Waals surface area contributed by atoms with Crippen LogP contribution in [-0.4, -0.2) is 47.1 Å². The number of hydrogen-bond acceptors (Lipinski definition) is 6. The van der Waals surface area contributed by atoms with E-state index >= 15 is 0 Å². The second kappa shape index (κ2) is 9.87. The molecule has 1 aliphatic rings. The van der Waals surface area contributed by atoms with Gasteiger partial charge >= 0.3 is 12.1 Å². The molecule has 2 heterocycles. The Balaban J connectivity index is 1.61. The Morgan fingerprint density at radius 1 is 1.15 bits per heavy atom. The lowest BCUT2D eigenvalue weighted by Crippen LogP contribution is -2.46. The number of alkyl carbamates (subject to hydrolysis) is 1. The van der Waals surface area contributed by atoms with Gasteiger partial charge < -0.3 is 29.2 Å². The second-order valence-electron chi connectivity index (χ2n) is 8.83. The molecule has 2 aromatic carbocycles. The Bertz CT molecular complexity index is 1150. The number of benzene rings is 2. The molecule has 180 valence electrons. The number of para-hydroxylation sites is 1. The van der Waals surface area contributed by atoms with Crippen LogP contribution in [-0.2, 0) is 31.2 Å². The Labute approximate surface area is 198 Å². The van der Waals surface area contributed by atoms with Gasteiger partial charge in [-0.05, 0) is 32.4 Å². The molecular formula is C26H30N2O6. The molecule has 0 radical (unpaired) electrons. The first-order valence-corrected chi connectivity index (χ1v) is 11.4. The molecule has 4 rings (SSSR count). The van der Waals surface area contributed by atoms with Crippen molar-refractivity contribution in [3.63, 3.8) is 0 Å². The van der Waals surface area contributed by atoms with Gasteiger partial charge in [0.15, 0.2) is 6.04 Å². The van der Waals surface area contributed by atoms with Crippen LogP contribution in [0, 0.1) is 0 Å². The third-order valence-electron chi connectivity index (χ3n) is 6.15. The summed E-state index contributed by atoms with van der Waals surface area (Å²) in [5, 5.41) is 14.6. The van der Waals surface area contributed by atoms with Crippen LogP contribution < -0.4 is 5.32 Å². The van der Waals surface area contributed by atoms with Crippen molar-refractivity contribution in [3.05, 3.63) is 71.9 Å². The summed E-state index contributed by atoms with van der Waals surface area (Å²) in [5.74, 6) is -0.742. The molecule has 0 spiro atoms. The highest BCUT2D eigenvalue weighted by Gasteiger charge is 2.42. The van der Waals surface area contributed by atoms with Gasteiger partial charge in [-0.2, -0.15) is 0 Å². The molecule has 1 fully saturated rings. The highest BCUT2D eigenvalue weighted by molar-refractivity contribution is 5.87. The minimum Gasteiger partial charge on any atom is -0.464 e. The summed E-state index contributed by atoms with van der Waals surface area (Å²) in [6.07, 6.45) is -0.303. The molecule has 1 saturated heterocycles. The molecule has 1 aliphatic heterocycles. The molecule has 34 heavy (non-hydrogen) atoms. The molecule has 1 aromatic heterocycles. The molecule has 0 bridgehead atoms. The molecule has 0 saturated carbocycles. The van der Waals surface area contributed by atoms with Gasteiger partial charge in [0.25, 0.3) is 0 Å². The average Bonchev–Trinajstić information content (AvgIpc) is 3.63. The normalized spacial score (nSPS) is 17.1. The number of aromatic nitrogens is 1. The van der Waals surface area contributed by atoms with Gasteiger partial charge in [-0.15, -0.1) is 0 Å². The minimum atomic E-state index is -1.36. The van der Waals surface area contributed by atoms with Crippen LogP contribution in [0.5, 0.6) is 0 Å². The lowest BCUT2D eigenvalue weighted by Gasteiger charge is -2.26. The molecule has 0 unspecified atom stereocenters. The predicted octanol–water partition coefficient (Wildman–Crippen LogP) is 3.67. The van der Waals surface area contributed by atoms with E-state index in [4.69, 9.17) is 14.2 Å². The monoisotopic (exact) mass is 466 g/mol. The highest BCUT2D eigenvalue weighted by Crippen LogP contribution is 2.37. The summed E-state index contributed by atoms with van der Waals surface area (Å²) in [5.41, 5.74) is 1.84. The smallest absolute Gasteiger partial charge is 0.408 e. The number of ether oxygens (including phenoxy) is 3. The van der Waals surface area contributed by atoms with E-state index in [9.17, 15) is 14.7 Å². The molecule has 3 aromatic rings. The Morgan fingerprint density at radius 2 is 1.82 bits per heavy atom. The van der Waals surface area contributed by atoms with E-state index in [1.807, 2.05) is 60.8 Å². The number of aliphatic hydroxyl groups excluding tert-OH is 1. The van der Waals surface area contributed by atoms with E-state index in [2.05, 4.69) is 23.7 Å². The van der Waals surface area contributed by atoms with Crippen LogP contribution >= 0.6 is 0 Å². The fourth-order valence-corrected chi connectivity index (χ4v) is 4.10. The van der Waals surface area contributed by atoms with Crippen LogP contribution in [0.2, 0.25) is 0 Å². The number of epoxide rings is 1. The number of rotatable bonds is 9. The van der Waals surface area contributed by atoms with Crippen molar-refractivity contribution < 1.29 is 28.9 Å². The number of nitrogens with one attached hydrogen (secondary N) is 1. The molecule has 3 atom stereocenters. The third kappa shape index (κ3) is 4.93. The largest absolute Gasteiger partial charge is 0.464 e. The first-order valence-electron chi connectivity index (χ1n) is 11.4. The lowest BCUT2D eigenvalue weighted by atomic mass is 10.0. The molecule has 1 amide bonds. The Kier molecular flexibility index (Phi) is 6.90. The fraction of sp³-hybridized carbons (Fsp3) is 0.385. The number of amides is 1. The summed E-state index contributed by atoms with van der Waals surface area (Å²) < 4.78 is 18.0. The van der Waals surface area contributed by atoms with E-state index in [1.165, 1.54) is 0 Å². The summed E-state index contributed by atoms with van der Waals surface area (Å²) in [7, 11) is 0. The van der Waals surface area contributed by atoms with Crippen molar-refractivity contribution >= 4 is 23.0 Å². The van der Waals surface area contributed by atoms with Crippen LogP contribution in [0.15, 0.2) is 60.8 Å². The molecule has 8 nitrogen and oxygen atoms in total. The number of esters is 1. The summed E-state index contributed by atoms with van der Waals surface area (Å²) >= 11 is 0. The van der Waals surface area contributed by atoms with Crippen molar-refractivity contribution in [2.45, 2.75) is 51.2 Å². The van der Waals surface area contributed by atoms with Crippen molar-refractivity contribution in [1.29, 1.82) is 0 Å². The van der Waals surface area contributed by atoms with Crippen molar-refractivity contribution in [1.82, 2.24) is 9.88 Å². The van der Waals surface area contributed by atoms with E-state index in [0.29, 0.717) is 12.2 Å². The molecule has 2 N–H and O–H groups in total. The maximum absolute atomic E-state index is 12.7. The van der Waals surface area contributed by atoms with Gasteiger partial charge in [-0.3, -0.25) is 0 Å². The Morgan fingerprint density at radius 3 is 2.50 bits per heavy atom. The zero-order chi connectivity index (χ0) is 24.3. The van der Waals surface area contributed by atoms with E-state index in [-0.39, 0.29) is 24.9 Å². The Hall–Kier alpha value is -3.36. The number of fused-ring (bicyclic) bond motifs is 1. The summed E-state index contributed by atoms with van der Waals surface area (Å²) in [4.78, 5) is 25.3. The van der Waals surface area contributed by atoms with Gasteiger partial charge in [0.2, 0.25) is 0 Å². The van der Waals surface area contributed by atoms with Crippen molar-refractivity contribution in [2.24, 2.45) is 0 Å². The van der Waals surface area contributed by atoms with Gasteiger partial charge in [0, 0.05) is 22.7 Å². The maximum atomic E-state index is 12.7. The molecule has 0 aliphatic carbocycles. The zero-order valence-electron chi connectivity index (χ0n) is 19.6. The molecular weight excluding hydrogens is 436 g/mol. The predicted molar refractivity (Wildman–Crippen MR) is 126 cm³/mol. The standard InChI is InChI=1S/C26H30N2O6/c1-4-32-24(30)22(27-25(31)34-15-17-10-6-5-7-11-17)23(29)19-14-28(26(2,3)21-16-33-21)20-13-9-8-12-18(19)20/h5-14,21-23,29H,4,15-16H2,1-3H3,(H,27,31)/t21-,22-,23+/m0/s1. The van der Waals surface area contributed by atoms with Gasteiger partial charge in [-0.25, -0.2) is 9.59 Å². The quantitative estimate of drug-likeness (QED) is 0.369. The number of carbonyl (C=O) groups excluding carboxylic acids is 2. The van der Waals surface area contributed by atoms with Gasteiger partial charge in [0.05, 0.1) is 18.8 Å². The topological polar surface area (TPSA) is 102 Å². The summed E-state index contributed by atoms with van der Waals surface area (Å²) in [6.45, 7) is 6.60. The van der Waals surface area contributed by atoms with Gasteiger partial charge in [-0.1, -0.05) is 48.5 Å². The van der Waals surface area contributed by atoms with E-state index in [1.54, 1.807) is 6.92 Å². The van der Waals surface area contributed by atoms with E-state index in [0.717, 1.165) is 16.5 Å². The number of carbonyl (C=O) groups is 2. The first kappa shape index (κ1) is 23.8. The van der Waals surface area contributed by atoms with Crippen LogP contribution in [0.3, 0.4) is 0 Å². The second-order valence-corrected chi connectivity index (χ2v) is 8.83. The van der Waals surface area contributed by atoms with E-state index < -0.39 is 24.2 Å². The van der Waals surface area contributed by atoms with Crippen LogP contribution in [0.4, 0.5) is 4.79 Å². The first-order chi connectivity index (χ1) is 16.3. The summed E-state index contributed by atoms with van der Waals surface area (Å²) in [6, 6.07) is 15.5. The lowest BCUT2D eigenvalue weighted by molar-refractivity contribution is -0.148. The minimum absolute atomic E-state index is 0.0349. The average molecular weight is 467 g/mol. The van der Waals surface area contributed by atoms with Crippen LogP contribution in [0.25, 0.3) is 10.9 Å². The number of nitrogens with zero attached hydrogens (tertiary/aromatic N) is 1. The zero-order valence-corrected chi connectivity index (χ0v) is 19.6. The van der Waals surface area contributed by atoms with Crippen molar-refractivity contribution in [3.8, 4) is 0 Å². The van der Waals surface area contributed by atoms with Gasteiger partial charge in [0.1, 0.15) is 18.8 Å².